The molecule has 2 N–H and O–H groups in total. The van der Waals surface area contributed by atoms with E-state index >= 15 is 0 Å². The minimum Gasteiger partial charge on any atom is -0.483 e. The number of nitrogens with zero attached hydrogens (tertiary/aromatic N) is 4. The molecule has 0 bridgehead atoms. The molecule has 2 aromatic heterocycles. The number of nitrogens with one attached hydrogen (secondary N) is 1. The van der Waals surface area contributed by atoms with Gasteiger partial charge in [0.25, 0.3) is 6.47 Å². The number of likely N-dealkylation sites (tertiary alicyclic amines) is 1. The van der Waals surface area contributed by atoms with Crippen LogP contribution in [0.1, 0.15) is 43.4 Å². The highest BCUT2D eigenvalue weighted by atomic mass is 16.3. The Morgan fingerprint density at radius 2 is 1.92 bits per heavy atom. The fourth-order valence-corrected chi connectivity index (χ4v) is 3.05. The Hall–Kier alpha value is -2.54. The Balaban J connectivity index is 0.000000758. The van der Waals surface area contributed by atoms with Crippen LogP contribution in [-0.4, -0.2) is 50.6 Å². The van der Waals surface area contributed by atoms with Gasteiger partial charge in [-0.2, -0.15) is 0 Å². The van der Waals surface area contributed by atoms with Crippen molar-refractivity contribution >= 4 is 18.1 Å². The van der Waals surface area contributed by atoms with Crippen LogP contribution in [0.2, 0.25) is 0 Å². The number of carbonyl (C=O) groups is 1. The van der Waals surface area contributed by atoms with Gasteiger partial charge in [0.1, 0.15) is 17.5 Å². The maximum atomic E-state index is 8.36. The summed E-state index contributed by atoms with van der Waals surface area (Å²) in [5.41, 5.74) is 1.98. The molecule has 140 valence electrons. The van der Waals surface area contributed by atoms with Gasteiger partial charge < -0.3 is 15.3 Å². The van der Waals surface area contributed by atoms with Crippen LogP contribution in [0.5, 0.6) is 0 Å². The van der Waals surface area contributed by atoms with Gasteiger partial charge in [-0.3, -0.25) is 4.79 Å². The number of aryl methyl sites for hydroxylation is 2. The molecule has 0 aromatic carbocycles. The van der Waals surface area contributed by atoms with Crippen molar-refractivity contribution in [2.75, 3.05) is 18.4 Å². The molecule has 2 aromatic rings. The molecule has 7 nitrogen and oxygen atoms in total. The molecule has 0 saturated carbocycles. The van der Waals surface area contributed by atoms with E-state index in [9.17, 15) is 0 Å². The van der Waals surface area contributed by atoms with Crippen LogP contribution < -0.4 is 5.32 Å². The van der Waals surface area contributed by atoms with Crippen LogP contribution in [0.15, 0.2) is 24.3 Å². The molecule has 1 fully saturated rings. The summed E-state index contributed by atoms with van der Waals surface area (Å²) in [5, 5.41) is 10.2. The van der Waals surface area contributed by atoms with Gasteiger partial charge in [-0.05, 0) is 52.8 Å². The number of pyridine rings is 1. The minimum absolute atomic E-state index is 0.250. The molecule has 1 atom stereocenters. The molecule has 1 aliphatic heterocycles. The van der Waals surface area contributed by atoms with E-state index in [1.54, 1.807) is 0 Å². The average Bonchev–Trinajstić information content (AvgIpc) is 3.05. The summed E-state index contributed by atoms with van der Waals surface area (Å²) in [7, 11) is 0. The second kappa shape index (κ2) is 9.24. The molecule has 0 spiro atoms. The minimum atomic E-state index is -0.250. The van der Waals surface area contributed by atoms with Crippen LogP contribution in [0.4, 0.5) is 11.6 Å². The fraction of sp³-hybridized carbons (Fsp3) is 0.474. The van der Waals surface area contributed by atoms with Gasteiger partial charge in [-0.25, -0.2) is 15.0 Å². The van der Waals surface area contributed by atoms with Crippen LogP contribution in [0, 0.1) is 13.8 Å². The first kappa shape index (κ1) is 19.8. The first-order valence-corrected chi connectivity index (χ1v) is 8.81. The van der Waals surface area contributed by atoms with Gasteiger partial charge in [0.15, 0.2) is 0 Å². The molecule has 1 aliphatic rings. The molecular formula is C19H27N5O2. The zero-order valence-corrected chi connectivity index (χ0v) is 15.8. The van der Waals surface area contributed by atoms with Gasteiger partial charge in [-0.1, -0.05) is 6.07 Å². The lowest BCUT2D eigenvalue weighted by atomic mass is 10.1. The van der Waals surface area contributed by atoms with Crippen molar-refractivity contribution in [2.24, 2.45) is 0 Å². The van der Waals surface area contributed by atoms with E-state index < -0.39 is 0 Å². The molecule has 0 amide bonds. The molecule has 3 heterocycles. The van der Waals surface area contributed by atoms with Crippen LogP contribution in [-0.2, 0) is 4.79 Å². The predicted octanol–water partition coefficient (Wildman–Crippen LogP) is 3.13. The normalized spacial score (nSPS) is 16.9. The van der Waals surface area contributed by atoms with Crippen LogP contribution in [0.3, 0.4) is 0 Å². The van der Waals surface area contributed by atoms with Crippen molar-refractivity contribution in [1.29, 1.82) is 0 Å². The van der Waals surface area contributed by atoms with Crippen molar-refractivity contribution in [3.63, 3.8) is 0 Å². The van der Waals surface area contributed by atoms with Gasteiger partial charge in [-0.15, -0.1) is 0 Å². The van der Waals surface area contributed by atoms with Crippen LogP contribution in [0.25, 0.3) is 0 Å². The molecular weight excluding hydrogens is 330 g/mol. The number of hydrogen-bond donors (Lipinski definition) is 2. The second-order valence-electron chi connectivity index (χ2n) is 6.72. The second-order valence-corrected chi connectivity index (χ2v) is 6.72. The third-order valence-corrected chi connectivity index (χ3v) is 4.33. The largest absolute Gasteiger partial charge is 0.483 e. The Kier molecular flexibility index (Phi) is 7.03. The summed E-state index contributed by atoms with van der Waals surface area (Å²) >= 11 is 0. The third kappa shape index (κ3) is 5.49. The topological polar surface area (TPSA) is 91.2 Å². The highest BCUT2D eigenvalue weighted by Gasteiger charge is 2.27. The number of anilines is 2. The van der Waals surface area contributed by atoms with Crippen LogP contribution >= 0.6 is 0 Å². The summed E-state index contributed by atoms with van der Waals surface area (Å²) in [6.45, 7) is 10.4. The van der Waals surface area contributed by atoms with Crippen molar-refractivity contribution in [3.8, 4) is 0 Å². The lowest BCUT2D eigenvalue weighted by Gasteiger charge is -2.20. The SMILES string of the molecule is Cc1cccc(Nc2cc(C)nc(C3CCN(C(C)C)C3)n2)n1.O=CO. The zero-order chi connectivity index (χ0) is 19.1. The van der Waals surface area contributed by atoms with Gasteiger partial charge in [0.2, 0.25) is 0 Å². The zero-order valence-electron chi connectivity index (χ0n) is 15.8. The van der Waals surface area contributed by atoms with Crippen molar-refractivity contribution < 1.29 is 9.90 Å². The Bertz CT molecular complexity index is 736. The first-order valence-electron chi connectivity index (χ1n) is 8.81. The number of carboxylic acid groups (broad SMARTS) is 1. The Morgan fingerprint density at radius 3 is 2.54 bits per heavy atom. The summed E-state index contributed by atoms with van der Waals surface area (Å²) in [6.07, 6.45) is 1.13. The van der Waals surface area contributed by atoms with E-state index in [2.05, 4.69) is 34.0 Å². The number of aromatic nitrogens is 3. The summed E-state index contributed by atoms with van der Waals surface area (Å²) in [5.74, 6) is 3.02. The first-order chi connectivity index (χ1) is 12.4. The van der Waals surface area contributed by atoms with E-state index in [4.69, 9.17) is 14.9 Å². The molecule has 3 rings (SSSR count). The van der Waals surface area contributed by atoms with E-state index in [0.29, 0.717) is 12.0 Å². The lowest BCUT2D eigenvalue weighted by Crippen LogP contribution is -2.28. The molecule has 0 radical (unpaired) electrons. The highest BCUT2D eigenvalue weighted by molar-refractivity contribution is 5.52. The van der Waals surface area contributed by atoms with E-state index in [1.807, 2.05) is 38.1 Å². The monoisotopic (exact) mass is 357 g/mol. The molecule has 1 saturated heterocycles. The van der Waals surface area contributed by atoms with Crippen molar-refractivity contribution in [3.05, 3.63) is 41.5 Å². The highest BCUT2D eigenvalue weighted by Crippen LogP contribution is 2.27. The van der Waals surface area contributed by atoms with Crippen molar-refractivity contribution in [1.82, 2.24) is 19.9 Å². The van der Waals surface area contributed by atoms with Gasteiger partial charge >= 0.3 is 0 Å². The van der Waals surface area contributed by atoms with Crippen molar-refractivity contribution in [2.45, 2.75) is 46.1 Å². The summed E-state index contributed by atoms with van der Waals surface area (Å²) in [6, 6.07) is 8.50. The smallest absolute Gasteiger partial charge is 0.290 e. The summed E-state index contributed by atoms with van der Waals surface area (Å²) < 4.78 is 0. The Labute approximate surface area is 154 Å². The van der Waals surface area contributed by atoms with E-state index in [-0.39, 0.29) is 6.47 Å². The fourth-order valence-electron chi connectivity index (χ4n) is 3.05. The Morgan fingerprint density at radius 1 is 1.19 bits per heavy atom. The summed E-state index contributed by atoms with van der Waals surface area (Å²) in [4.78, 5) is 24.7. The molecule has 0 aliphatic carbocycles. The molecule has 26 heavy (non-hydrogen) atoms. The molecule has 7 heteroatoms. The third-order valence-electron chi connectivity index (χ3n) is 4.33. The lowest BCUT2D eigenvalue weighted by molar-refractivity contribution is -0.122. The van der Waals surface area contributed by atoms with E-state index in [0.717, 1.165) is 48.4 Å². The standard InChI is InChI=1S/C18H25N5.CH2O2/c1-12(2)23-9-8-15(11-23)18-20-14(4)10-17(22-18)21-16-7-5-6-13(3)19-16;2-1-3/h5-7,10,12,15H,8-9,11H2,1-4H3,(H,19,20,21,22);1H,(H,2,3). The average molecular weight is 357 g/mol. The quantitative estimate of drug-likeness (QED) is 0.812. The molecule has 1 unspecified atom stereocenters. The van der Waals surface area contributed by atoms with E-state index in [1.165, 1.54) is 0 Å². The van der Waals surface area contributed by atoms with Gasteiger partial charge in [0, 0.05) is 36.0 Å². The van der Waals surface area contributed by atoms with Gasteiger partial charge in [0.05, 0.1) is 0 Å². The maximum absolute atomic E-state index is 8.36. The maximum Gasteiger partial charge on any atom is 0.290 e. The number of rotatable bonds is 4. The predicted molar refractivity (Wildman–Crippen MR) is 102 cm³/mol. The number of hydrogen-bond acceptors (Lipinski definition) is 6.